The number of nitrogens with zero attached hydrogens (tertiary/aromatic N) is 2. The van der Waals surface area contributed by atoms with Crippen molar-refractivity contribution in [3.8, 4) is 0 Å². The molecule has 1 amide bonds. The van der Waals surface area contributed by atoms with Gasteiger partial charge in [0.25, 0.3) is 0 Å². The number of hydrogen-bond donors (Lipinski definition) is 0. The topological polar surface area (TPSA) is 55.6 Å². The summed E-state index contributed by atoms with van der Waals surface area (Å²) in [6.07, 6.45) is 1.97. The maximum Gasteiger partial charge on any atom is 0.410 e. The number of aromatic nitrogens is 1. The van der Waals surface area contributed by atoms with Crippen LogP contribution in [0.4, 0.5) is 4.79 Å². The molecule has 3 atom stereocenters. The van der Waals surface area contributed by atoms with Crippen LogP contribution in [0.1, 0.15) is 51.0 Å². The van der Waals surface area contributed by atoms with Gasteiger partial charge in [0, 0.05) is 24.6 Å². The number of aryl methyl sites for hydroxylation is 1. The lowest BCUT2D eigenvalue weighted by molar-refractivity contribution is 0.0186. The SMILES string of the molecule is Cc1cc([C@@H]2[C@@H]3CC[C@H]2N(C(=O)OC(C)(C)C)C3)on1. The van der Waals surface area contributed by atoms with E-state index in [1.165, 1.54) is 0 Å². The molecule has 0 aromatic carbocycles. The van der Waals surface area contributed by atoms with E-state index >= 15 is 0 Å². The van der Waals surface area contributed by atoms with Gasteiger partial charge < -0.3 is 14.2 Å². The van der Waals surface area contributed by atoms with Gasteiger partial charge in [-0.15, -0.1) is 0 Å². The molecule has 1 aliphatic heterocycles. The predicted molar refractivity (Wildman–Crippen MR) is 73.4 cm³/mol. The lowest BCUT2D eigenvalue weighted by Gasteiger charge is -2.30. The van der Waals surface area contributed by atoms with Crippen LogP contribution in [0.2, 0.25) is 0 Å². The Morgan fingerprint density at radius 1 is 1.45 bits per heavy atom. The van der Waals surface area contributed by atoms with Gasteiger partial charge in [0.05, 0.1) is 5.69 Å². The molecule has 3 rings (SSSR count). The van der Waals surface area contributed by atoms with Gasteiger partial charge in [-0.2, -0.15) is 0 Å². The Morgan fingerprint density at radius 2 is 2.20 bits per heavy atom. The molecule has 1 aromatic heterocycles. The first kappa shape index (κ1) is 13.5. The van der Waals surface area contributed by atoms with Crippen LogP contribution in [0, 0.1) is 12.8 Å². The predicted octanol–water partition coefficient (Wildman–Crippen LogP) is 3.10. The van der Waals surface area contributed by atoms with E-state index in [0.717, 1.165) is 30.8 Å². The number of likely N-dealkylation sites (tertiary alicyclic amines) is 1. The molecule has 2 fully saturated rings. The highest BCUT2D eigenvalue weighted by Crippen LogP contribution is 2.49. The van der Waals surface area contributed by atoms with Crippen molar-refractivity contribution >= 4 is 6.09 Å². The number of carbonyl (C=O) groups excluding carboxylic acids is 1. The third kappa shape index (κ3) is 2.30. The Bertz CT molecular complexity index is 517. The number of fused-ring (bicyclic) bond motifs is 2. The fourth-order valence-electron chi connectivity index (χ4n) is 3.49. The van der Waals surface area contributed by atoms with Crippen LogP contribution >= 0.6 is 0 Å². The van der Waals surface area contributed by atoms with Gasteiger partial charge in [-0.1, -0.05) is 5.16 Å². The summed E-state index contributed by atoms with van der Waals surface area (Å²) in [4.78, 5) is 14.2. The zero-order chi connectivity index (χ0) is 14.5. The van der Waals surface area contributed by atoms with Gasteiger partial charge in [0.15, 0.2) is 0 Å². The fraction of sp³-hybridized carbons (Fsp3) is 0.733. The van der Waals surface area contributed by atoms with Crippen molar-refractivity contribution in [2.24, 2.45) is 5.92 Å². The van der Waals surface area contributed by atoms with E-state index in [9.17, 15) is 4.79 Å². The van der Waals surface area contributed by atoms with E-state index in [1.54, 1.807) is 0 Å². The first-order valence-corrected chi connectivity index (χ1v) is 7.28. The second-order valence-corrected chi connectivity index (χ2v) is 6.93. The third-order valence-electron chi connectivity index (χ3n) is 4.19. The van der Waals surface area contributed by atoms with E-state index in [4.69, 9.17) is 9.26 Å². The molecule has 5 heteroatoms. The van der Waals surface area contributed by atoms with Crippen LogP contribution < -0.4 is 0 Å². The zero-order valence-corrected chi connectivity index (χ0v) is 12.5. The van der Waals surface area contributed by atoms with Crippen molar-refractivity contribution in [1.29, 1.82) is 0 Å². The second-order valence-electron chi connectivity index (χ2n) is 6.93. The number of ether oxygens (including phenoxy) is 1. The molecule has 0 radical (unpaired) electrons. The Labute approximate surface area is 119 Å². The molecule has 2 heterocycles. The number of carbonyl (C=O) groups is 1. The quantitative estimate of drug-likeness (QED) is 0.792. The molecule has 110 valence electrons. The Hall–Kier alpha value is -1.52. The summed E-state index contributed by atoms with van der Waals surface area (Å²) in [6, 6.07) is 2.19. The van der Waals surface area contributed by atoms with E-state index in [1.807, 2.05) is 38.7 Å². The molecule has 1 saturated heterocycles. The fourth-order valence-corrected chi connectivity index (χ4v) is 3.49. The van der Waals surface area contributed by atoms with Crippen LogP contribution in [0.3, 0.4) is 0 Å². The first-order valence-electron chi connectivity index (χ1n) is 7.28. The van der Waals surface area contributed by atoms with Crippen LogP contribution in [0.15, 0.2) is 10.6 Å². The van der Waals surface area contributed by atoms with Crippen molar-refractivity contribution in [3.05, 3.63) is 17.5 Å². The molecule has 1 aliphatic carbocycles. The highest BCUT2D eigenvalue weighted by atomic mass is 16.6. The molecule has 0 unspecified atom stereocenters. The van der Waals surface area contributed by atoms with E-state index < -0.39 is 5.60 Å². The minimum atomic E-state index is -0.447. The summed E-state index contributed by atoms with van der Waals surface area (Å²) in [6.45, 7) is 8.39. The highest BCUT2D eigenvalue weighted by molar-refractivity contribution is 5.69. The number of amides is 1. The van der Waals surface area contributed by atoms with Crippen molar-refractivity contribution in [2.45, 2.75) is 58.1 Å². The smallest absolute Gasteiger partial charge is 0.410 e. The minimum Gasteiger partial charge on any atom is -0.444 e. The largest absolute Gasteiger partial charge is 0.444 e. The summed E-state index contributed by atoms with van der Waals surface area (Å²) < 4.78 is 10.9. The van der Waals surface area contributed by atoms with Gasteiger partial charge in [-0.3, -0.25) is 0 Å². The van der Waals surface area contributed by atoms with Crippen molar-refractivity contribution in [2.75, 3.05) is 6.54 Å². The van der Waals surface area contributed by atoms with Crippen LogP contribution in [0.25, 0.3) is 0 Å². The number of rotatable bonds is 1. The lowest BCUT2D eigenvalue weighted by Crippen LogP contribution is -2.41. The average molecular weight is 278 g/mol. The van der Waals surface area contributed by atoms with Crippen molar-refractivity contribution in [1.82, 2.24) is 10.1 Å². The minimum absolute atomic E-state index is 0.196. The number of piperidine rings is 1. The van der Waals surface area contributed by atoms with E-state index in [-0.39, 0.29) is 18.1 Å². The molecule has 1 saturated carbocycles. The molecule has 2 aliphatic rings. The average Bonchev–Trinajstić information content (AvgIpc) is 2.99. The molecule has 0 spiro atoms. The van der Waals surface area contributed by atoms with Gasteiger partial charge in [0.1, 0.15) is 11.4 Å². The Balaban J connectivity index is 1.77. The van der Waals surface area contributed by atoms with E-state index in [0.29, 0.717) is 5.92 Å². The summed E-state index contributed by atoms with van der Waals surface area (Å²) in [7, 11) is 0. The number of hydrogen-bond acceptors (Lipinski definition) is 4. The van der Waals surface area contributed by atoms with Gasteiger partial charge in [-0.05, 0) is 46.5 Å². The van der Waals surface area contributed by atoms with Crippen LogP contribution in [-0.4, -0.2) is 34.3 Å². The zero-order valence-electron chi connectivity index (χ0n) is 12.5. The van der Waals surface area contributed by atoms with Crippen molar-refractivity contribution < 1.29 is 14.1 Å². The summed E-state index contributed by atoms with van der Waals surface area (Å²) in [5, 5.41) is 3.98. The van der Waals surface area contributed by atoms with E-state index in [2.05, 4.69) is 5.16 Å². The maximum atomic E-state index is 12.3. The normalized spacial score (nSPS) is 29.0. The van der Waals surface area contributed by atoms with Crippen LogP contribution in [0.5, 0.6) is 0 Å². The van der Waals surface area contributed by atoms with Crippen molar-refractivity contribution in [3.63, 3.8) is 0 Å². The molecule has 1 aromatic rings. The summed E-state index contributed by atoms with van der Waals surface area (Å²) in [5.74, 6) is 1.67. The van der Waals surface area contributed by atoms with Gasteiger partial charge in [-0.25, -0.2) is 4.79 Å². The third-order valence-corrected chi connectivity index (χ3v) is 4.19. The van der Waals surface area contributed by atoms with Gasteiger partial charge >= 0.3 is 6.09 Å². The molecular formula is C15H22N2O3. The maximum absolute atomic E-state index is 12.3. The molecule has 20 heavy (non-hydrogen) atoms. The first-order chi connectivity index (χ1) is 9.35. The standard InChI is InChI=1S/C15H22N2O3/c1-9-7-12(20-16-9)13-10-5-6-11(13)17(8-10)14(18)19-15(2,3)4/h7,10-11,13H,5-6,8H2,1-4H3/t10-,11-,13-/m1/s1. The Morgan fingerprint density at radius 3 is 2.80 bits per heavy atom. The molecule has 0 N–H and O–H groups in total. The van der Waals surface area contributed by atoms with Crippen LogP contribution in [-0.2, 0) is 4.74 Å². The molecular weight excluding hydrogens is 256 g/mol. The molecule has 2 bridgehead atoms. The monoisotopic (exact) mass is 278 g/mol. The van der Waals surface area contributed by atoms with Gasteiger partial charge in [0.2, 0.25) is 0 Å². The summed E-state index contributed by atoms with van der Waals surface area (Å²) in [5.41, 5.74) is 0.451. The second kappa shape index (κ2) is 4.50. The Kier molecular flexibility index (Phi) is 3.03. The highest BCUT2D eigenvalue weighted by Gasteiger charge is 2.51. The lowest BCUT2D eigenvalue weighted by atomic mass is 9.95. The summed E-state index contributed by atoms with van der Waals surface area (Å²) >= 11 is 0. The molecule has 5 nitrogen and oxygen atoms in total.